The van der Waals surface area contributed by atoms with Crippen LogP contribution < -0.4 is 14.8 Å². The molecule has 4 rings (SSSR count). The summed E-state index contributed by atoms with van der Waals surface area (Å²) in [4.78, 5) is 39.8. The Balaban J connectivity index is 1.36. The first-order valence-electron chi connectivity index (χ1n) is 11.3. The van der Waals surface area contributed by atoms with Crippen molar-refractivity contribution in [2.24, 2.45) is 0 Å². The molecule has 8 nitrogen and oxygen atoms in total. The predicted molar refractivity (Wildman–Crippen MR) is 122 cm³/mol. The van der Waals surface area contributed by atoms with Gasteiger partial charge in [0.2, 0.25) is 0 Å². The average molecular weight is 453 g/mol. The van der Waals surface area contributed by atoms with Crippen LogP contribution in [0.1, 0.15) is 52.8 Å². The number of rotatable bonds is 6. The van der Waals surface area contributed by atoms with E-state index in [2.05, 4.69) is 5.32 Å². The lowest BCUT2D eigenvalue weighted by atomic mass is 9.94. The number of nitrogens with zero attached hydrogens (tertiary/aromatic N) is 1. The molecule has 2 aliphatic rings. The molecule has 1 heterocycles. The number of nitrogens with one attached hydrogen (secondary N) is 1. The molecule has 174 valence electrons. The quantitative estimate of drug-likeness (QED) is 0.673. The number of benzene rings is 2. The largest absolute Gasteiger partial charge is 0.486 e. The fraction of sp³-hybridized carbons (Fsp3) is 0.400. The molecule has 8 heteroatoms. The number of anilines is 1. The van der Waals surface area contributed by atoms with Gasteiger partial charge in [-0.05, 0) is 37.1 Å². The van der Waals surface area contributed by atoms with Gasteiger partial charge in [-0.15, -0.1) is 0 Å². The summed E-state index contributed by atoms with van der Waals surface area (Å²) in [6, 6.07) is 11.8. The van der Waals surface area contributed by atoms with E-state index < -0.39 is 18.5 Å². The van der Waals surface area contributed by atoms with E-state index in [0.717, 1.165) is 25.7 Å². The monoisotopic (exact) mass is 452 g/mol. The summed E-state index contributed by atoms with van der Waals surface area (Å²) in [5.74, 6) is -0.262. The van der Waals surface area contributed by atoms with Crippen LogP contribution in [0.4, 0.5) is 5.69 Å². The summed E-state index contributed by atoms with van der Waals surface area (Å²) >= 11 is 0. The Morgan fingerprint density at radius 2 is 1.67 bits per heavy atom. The van der Waals surface area contributed by atoms with Gasteiger partial charge in [-0.25, -0.2) is 4.79 Å². The molecule has 33 heavy (non-hydrogen) atoms. The van der Waals surface area contributed by atoms with E-state index in [1.807, 2.05) is 0 Å². The standard InChI is InChI=1S/C25H28N2O6/c1-27(18-7-3-2-4-8-18)24(29)19-9-5-6-10-20(19)25(30)33-16-23(28)26-17-11-12-21-22(15-17)32-14-13-31-21/h5-6,9-12,15,18H,2-4,7-8,13-14,16H2,1H3,(H,26,28). The lowest BCUT2D eigenvalue weighted by Gasteiger charge is -2.31. The van der Waals surface area contributed by atoms with Crippen molar-refractivity contribution in [3.8, 4) is 11.5 Å². The number of amides is 2. The normalized spacial score (nSPS) is 15.4. The molecular weight excluding hydrogens is 424 g/mol. The van der Waals surface area contributed by atoms with E-state index in [4.69, 9.17) is 14.2 Å². The molecule has 1 saturated carbocycles. The molecule has 0 bridgehead atoms. The maximum absolute atomic E-state index is 13.1. The van der Waals surface area contributed by atoms with Gasteiger partial charge >= 0.3 is 5.97 Å². The van der Waals surface area contributed by atoms with Crippen molar-refractivity contribution < 1.29 is 28.6 Å². The fourth-order valence-corrected chi connectivity index (χ4v) is 4.20. The minimum absolute atomic E-state index is 0.150. The fourth-order valence-electron chi connectivity index (χ4n) is 4.20. The third-order valence-corrected chi connectivity index (χ3v) is 5.98. The first-order valence-corrected chi connectivity index (χ1v) is 11.3. The van der Waals surface area contributed by atoms with E-state index in [9.17, 15) is 14.4 Å². The van der Waals surface area contributed by atoms with Crippen molar-refractivity contribution in [2.75, 3.05) is 32.2 Å². The maximum atomic E-state index is 13.1. The van der Waals surface area contributed by atoms with E-state index in [-0.39, 0.29) is 23.1 Å². The van der Waals surface area contributed by atoms with Crippen LogP contribution in [0.5, 0.6) is 11.5 Å². The average Bonchev–Trinajstić information content (AvgIpc) is 2.87. The first kappa shape index (κ1) is 22.6. The van der Waals surface area contributed by atoms with Crippen LogP contribution in [0.25, 0.3) is 0 Å². The number of esters is 1. The van der Waals surface area contributed by atoms with E-state index in [1.54, 1.807) is 54.4 Å². The molecule has 1 fully saturated rings. The van der Waals surface area contributed by atoms with Crippen LogP contribution >= 0.6 is 0 Å². The zero-order valence-electron chi connectivity index (χ0n) is 18.7. The number of carbonyl (C=O) groups is 3. The Morgan fingerprint density at radius 1 is 0.970 bits per heavy atom. The topological polar surface area (TPSA) is 94.2 Å². The summed E-state index contributed by atoms with van der Waals surface area (Å²) in [6.07, 6.45) is 5.33. The van der Waals surface area contributed by atoms with Crippen molar-refractivity contribution in [3.63, 3.8) is 0 Å². The van der Waals surface area contributed by atoms with Crippen LogP contribution in [0.3, 0.4) is 0 Å². The van der Waals surface area contributed by atoms with Gasteiger partial charge in [0.05, 0.1) is 11.1 Å². The van der Waals surface area contributed by atoms with Crippen molar-refractivity contribution in [3.05, 3.63) is 53.6 Å². The van der Waals surface area contributed by atoms with Gasteiger partial charge in [-0.1, -0.05) is 31.4 Å². The first-order chi connectivity index (χ1) is 16.0. The highest BCUT2D eigenvalue weighted by Gasteiger charge is 2.26. The van der Waals surface area contributed by atoms with Crippen LogP contribution in [-0.2, 0) is 9.53 Å². The summed E-state index contributed by atoms with van der Waals surface area (Å²) in [5, 5.41) is 2.67. The van der Waals surface area contributed by atoms with Gasteiger partial charge in [0.25, 0.3) is 11.8 Å². The Hall–Kier alpha value is -3.55. The van der Waals surface area contributed by atoms with E-state index >= 15 is 0 Å². The van der Waals surface area contributed by atoms with E-state index in [1.165, 1.54) is 6.42 Å². The number of carbonyl (C=O) groups excluding carboxylic acids is 3. The summed E-state index contributed by atoms with van der Waals surface area (Å²) in [5.41, 5.74) is 0.935. The number of fused-ring (bicyclic) bond motifs is 1. The second-order valence-electron chi connectivity index (χ2n) is 8.24. The molecule has 2 aromatic carbocycles. The van der Waals surface area contributed by atoms with Gasteiger partial charge < -0.3 is 24.4 Å². The molecule has 2 aromatic rings. The molecule has 0 aromatic heterocycles. The molecule has 2 amide bonds. The predicted octanol–water partition coefficient (Wildman–Crippen LogP) is 3.66. The molecule has 0 radical (unpaired) electrons. The van der Waals surface area contributed by atoms with Crippen LogP contribution in [0.15, 0.2) is 42.5 Å². The lowest BCUT2D eigenvalue weighted by Crippen LogP contribution is -2.39. The Kier molecular flexibility index (Phi) is 7.12. The third kappa shape index (κ3) is 5.45. The molecule has 1 aliphatic heterocycles. The van der Waals surface area contributed by atoms with E-state index in [0.29, 0.717) is 30.4 Å². The molecule has 1 N–H and O–H groups in total. The van der Waals surface area contributed by atoms with Gasteiger partial charge in [0, 0.05) is 24.8 Å². The van der Waals surface area contributed by atoms with Crippen LogP contribution in [-0.4, -0.2) is 55.6 Å². The van der Waals surface area contributed by atoms with Gasteiger partial charge in [-0.3, -0.25) is 9.59 Å². The zero-order chi connectivity index (χ0) is 23.2. The molecular formula is C25H28N2O6. The highest BCUT2D eigenvalue weighted by Crippen LogP contribution is 2.32. The Bertz CT molecular complexity index is 1030. The molecule has 0 spiro atoms. The van der Waals surface area contributed by atoms with Crippen molar-refractivity contribution in [1.82, 2.24) is 4.90 Å². The molecule has 0 atom stereocenters. The summed E-state index contributed by atoms with van der Waals surface area (Å²) in [6.45, 7) is 0.444. The van der Waals surface area contributed by atoms with Gasteiger partial charge in [0.15, 0.2) is 18.1 Å². The lowest BCUT2D eigenvalue weighted by molar-refractivity contribution is -0.119. The van der Waals surface area contributed by atoms with Gasteiger partial charge in [0.1, 0.15) is 13.2 Å². The zero-order valence-corrected chi connectivity index (χ0v) is 18.7. The highest BCUT2D eigenvalue weighted by molar-refractivity contribution is 6.06. The molecule has 0 saturated heterocycles. The van der Waals surface area contributed by atoms with Gasteiger partial charge in [-0.2, -0.15) is 0 Å². The highest BCUT2D eigenvalue weighted by atomic mass is 16.6. The van der Waals surface area contributed by atoms with Crippen LogP contribution in [0.2, 0.25) is 0 Å². The SMILES string of the molecule is CN(C(=O)c1ccccc1C(=O)OCC(=O)Nc1ccc2c(c1)OCCO2)C1CCCCC1. The molecule has 0 unspecified atom stereocenters. The summed E-state index contributed by atoms with van der Waals surface area (Å²) in [7, 11) is 1.78. The van der Waals surface area contributed by atoms with Crippen LogP contribution in [0, 0.1) is 0 Å². The van der Waals surface area contributed by atoms with Crippen molar-refractivity contribution >= 4 is 23.5 Å². The number of ether oxygens (including phenoxy) is 3. The minimum atomic E-state index is -0.715. The minimum Gasteiger partial charge on any atom is -0.486 e. The summed E-state index contributed by atoms with van der Waals surface area (Å²) < 4.78 is 16.2. The Morgan fingerprint density at radius 3 is 2.42 bits per heavy atom. The number of hydrogen-bond acceptors (Lipinski definition) is 6. The molecule has 1 aliphatic carbocycles. The van der Waals surface area contributed by atoms with Crippen molar-refractivity contribution in [2.45, 2.75) is 38.1 Å². The Labute approximate surface area is 192 Å². The van der Waals surface area contributed by atoms with Crippen molar-refractivity contribution in [1.29, 1.82) is 0 Å². The number of hydrogen-bond donors (Lipinski definition) is 1. The second-order valence-corrected chi connectivity index (χ2v) is 8.24. The third-order valence-electron chi connectivity index (χ3n) is 5.98. The second kappa shape index (κ2) is 10.4. The maximum Gasteiger partial charge on any atom is 0.339 e. The smallest absolute Gasteiger partial charge is 0.339 e.